The number of quaternary nitrogens is 1. The molecule has 0 aliphatic rings. The van der Waals surface area contributed by atoms with Gasteiger partial charge in [-0.05, 0) is 27.2 Å². The van der Waals surface area contributed by atoms with Crippen molar-refractivity contribution in [2.45, 2.75) is 33.6 Å². The van der Waals surface area contributed by atoms with Crippen LogP contribution in [0.2, 0.25) is 0 Å². The van der Waals surface area contributed by atoms with Gasteiger partial charge in [-0.25, -0.2) is 8.42 Å². The standard InChI is InChI=1S/C10H22N.C2H6O4S/c1-6-11(4,5)9-7-8-10(2)3;1-2-6-7(3,4)5/h2,6-9H2,1,3-5H3;2H2,1H3,(H,3,4,5)/q+1;/p-1. The second-order valence-electron chi connectivity index (χ2n) is 4.85. The average Bonchev–Trinajstić information content (AvgIpc) is 2.16. The van der Waals surface area contributed by atoms with Crippen molar-refractivity contribution in [1.82, 2.24) is 0 Å². The summed E-state index contributed by atoms with van der Waals surface area (Å²) in [5.41, 5.74) is 1.31. The van der Waals surface area contributed by atoms with Crippen LogP contribution in [0.25, 0.3) is 0 Å². The molecule has 0 amide bonds. The Morgan fingerprint density at radius 3 is 2.06 bits per heavy atom. The van der Waals surface area contributed by atoms with E-state index in [0.29, 0.717) is 0 Å². The molecule has 0 heterocycles. The fraction of sp³-hybridized carbons (Fsp3) is 0.833. The third-order valence-electron chi connectivity index (χ3n) is 2.49. The van der Waals surface area contributed by atoms with Crippen molar-refractivity contribution in [2.75, 3.05) is 33.8 Å². The highest BCUT2D eigenvalue weighted by Gasteiger charge is 2.09. The summed E-state index contributed by atoms with van der Waals surface area (Å²) in [5, 5.41) is 0. The fourth-order valence-electron chi connectivity index (χ4n) is 1.11. The highest BCUT2D eigenvalue weighted by atomic mass is 32.3. The molecule has 0 saturated carbocycles. The van der Waals surface area contributed by atoms with Crippen LogP contribution < -0.4 is 0 Å². The summed E-state index contributed by atoms with van der Waals surface area (Å²) in [6.45, 7) is 12.1. The van der Waals surface area contributed by atoms with Crippen molar-refractivity contribution in [2.24, 2.45) is 0 Å². The van der Waals surface area contributed by atoms with Crippen LogP contribution >= 0.6 is 0 Å². The quantitative estimate of drug-likeness (QED) is 0.309. The summed E-state index contributed by atoms with van der Waals surface area (Å²) in [6, 6.07) is 0. The molecule has 6 heteroatoms. The van der Waals surface area contributed by atoms with Crippen molar-refractivity contribution < 1.29 is 21.6 Å². The Hall–Kier alpha value is -0.430. The molecular weight excluding hydrogens is 254 g/mol. The largest absolute Gasteiger partial charge is 0.726 e. The minimum Gasteiger partial charge on any atom is -0.726 e. The van der Waals surface area contributed by atoms with Gasteiger partial charge in [0.25, 0.3) is 0 Å². The van der Waals surface area contributed by atoms with E-state index in [-0.39, 0.29) is 6.61 Å². The predicted molar refractivity (Wildman–Crippen MR) is 72.9 cm³/mol. The molecule has 0 unspecified atom stereocenters. The first kappa shape index (κ1) is 19.9. The highest BCUT2D eigenvalue weighted by molar-refractivity contribution is 7.80. The molecule has 0 spiro atoms. The van der Waals surface area contributed by atoms with Gasteiger partial charge in [-0.2, -0.15) is 0 Å². The van der Waals surface area contributed by atoms with Crippen molar-refractivity contribution in [1.29, 1.82) is 0 Å². The van der Waals surface area contributed by atoms with Gasteiger partial charge in [0, 0.05) is 6.42 Å². The normalized spacial score (nSPS) is 11.7. The molecule has 0 saturated heterocycles. The zero-order valence-electron chi connectivity index (χ0n) is 12.2. The van der Waals surface area contributed by atoms with Gasteiger partial charge in [0.1, 0.15) is 0 Å². The first-order valence-corrected chi connectivity index (χ1v) is 7.44. The molecule has 0 rings (SSSR count). The van der Waals surface area contributed by atoms with Gasteiger partial charge in [0.2, 0.25) is 10.4 Å². The van der Waals surface area contributed by atoms with E-state index in [1.807, 2.05) is 0 Å². The topological polar surface area (TPSA) is 66.4 Å². The Balaban J connectivity index is 0. The molecule has 0 aromatic heterocycles. The number of hydrogen-bond donors (Lipinski definition) is 0. The van der Waals surface area contributed by atoms with Crippen LogP contribution in [0.3, 0.4) is 0 Å². The summed E-state index contributed by atoms with van der Waals surface area (Å²) in [7, 11) is 0.128. The number of hydrogen-bond acceptors (Lipinski definition) is 4. The minimum atomic E-state index is -4.42. The average molecular weight is 281 g/mol. The zero-order valence-corrected chi connectivity index (χ0v) is 13.0. The molecule has 0 N–H and O–H groups in total. The van der Waals surface area contributed by atoms with E-state index >= 15 is 0 Å². The molecule has 0 aliphatic heterocycles. The summed E-state index contributed by atoms with van der Waals surface area (Å²) in [4.78, 5) is 0. The summed E-state index contributed by atoms with van der Waals surface area (Å²) >= 11 is 0. The van der Waals surface area contributed by atoms with E-state index in [9.17, 15) is 13.0 Å². The molecule has 110 valence electrons. The summed E-state index contributed by atoms with van der Waals surface area (Å²) < 4.78 is 33.1. The van der Waals surface area contributed by atoms with Crippen LogP contribution in [-0.2, 0) is 14.6 Å². The van der Waals surface area contributed by atoms with Crippen molar-refractivity contribution >= 4 is 10.4 Å². The van der Waals surface area contributed by atoms with E-state index < -0.39 is 10.4 Å². The molecule has 0 fully saturated rings. The first-order chi connectivity index (χ1) is 8.04. The van der Waals surface area contributed by atoms with Gasteiger partial charge in [-0.15, -0.1) is 6.58 Å². The maximum atomic E-state index is 9.45. The Labute approximate surface area is 112 Å². The number of nitrogens with zero attached hydrogens (tertiary/aromatic N) is 1. The van der Waals surface area contributed by atoms with Gasteiger partial charge in [0.05, 0.1) is 33.8 Å². The van der Waals surface area contributed by atoms with E-state index in [2.05, 4.69) is 38.7 Å². The van der Waals surface area contributed by atoms with E-state index in [0.717, 1.165) is 4.48 Å². The second-order valence-corrected chi connectivity index (χ2v) is 5.90. The van der Waals surface area contributed by atoms with Crippen LogP contribution in [0, 0.1) is 0 Å². The molecule has 0 aromatic carbocycles. The fourth-order valence-corrected chi connectivity index (χ4v) is 1.40. The maximum Gasteiger partial charge on any atom is 0.217 e. The van der Waals surface area contributed by atoms with Gasteiger partial charge < -0.3 is 9.04 Å². The maximum absolute atomic E-state index is 9.45. The SMILES string of the molecule is C=C(C)CCC[N+](C)(C)CC.CCOS(=O)(=O)[O-]. The number of rotatable bonds is 7. The van der Waals surface area contributed by atoms with Gasteiger partial charge in [-0.3, -0.25) is 4.18 Å². The van der Waals surface area contributed by atoms with Crippen LogP contribution in [0.4, 0.5) is 0 Å². The van der Waals surface area contributed by atoms with E-state index in [4.69, 9.17) is 0 Å². The van der Waals surface area contributed by atoms with Crippen LogP contribution in [0.15, 0.2) is 12.2 Å². The lowest BCUT2D eigenvalue weighted by atomic mass is 10.2. The predicted octanol–water partition coefficient (Wildman–Crippen LogP) is 1.92. The minimum absolute atomic E-state index is 0.0914. The van der Waals surface area contributed by atoms with Gasteiger partial charge in [0.15, 0.2) is 0 Å². The Morgan fingerprint density at radius 2 is 1.83 bits per heavy atom. The van der Waals surface area contributed by atoms with E-state index in [1.54, 1.807) is 0 Å². The smallest absolute Gasteiger partial charge is 0.217 e. The summed E-state index contributed by atoms with van der Waals surface area (Å²) in [5.74, 6) is 0. The third-order valence-corrected chi connectivity index (χ3v) is 3.01. The molecular formula is C12H27NO4S. The molecule has 0 aromatic rings. The molecule has 0 atom stereocenters. The van der Waals surface area contributed by atoms with Crippen LogP contribution in [0.5, 0.6) is 0 Å². The molecule has 0 aliphatic carbocycles. The molecule has 0 bridgehead atoms. The van der Waals surface area contributed by atoms with Gasteiger partial charge >= 0.3 is 0 Å². The van der Waals surface area contributed by atoms with Crippen molar-refractivity contribution in [3.63, 3.8) is 0 Å². The Kier molecular flexibility index (Phi) is 10.5. The first-order valence-electron chi connectivity index (χ1n) is 6.10. The summed E-state index contributed by atoms with van der Waals surface area (Å²) in [6.07, 6.45) is 2.46. The third kappa shape index (κ3) is 17.9. The second kappa shape index (κ2) is 9.49. The highest BCUT2D eigenvalue weighted by Crippen LogP contribution is 2.05. The van der Waals surface area contributed by atoms with E-state index in [1.165, 1.54) is 38.4 Å². The lowest BCUT2D eigenvalue weighted by Gasteiger charge is -2.28. The molecule has 0 radical (unpaired) electrons. The van der Waals surface area contributed by atoms with Gasteiger partial charge in [-0.1, -0.05) is 5.57 Å². The lowest BCUT2D eigenvalue weighted by Crippen LogP contribution is -2.39. The van der Waals surface area contributed by atoms with Crippen LogP contribution in [0.1, 0.15) is 33.6 Å². The zero-order chi connectivity index (χ0) is 14.8. The Morgan fingerprint density at radius 1 is 1.33 bits per heavy atom. The monoisotopic (exact) mass is 281 g/mol. The van der Waals surface area contributed by atoms with Crippen molar-refractivity contribution in [3.05, 3.63) is 12.2 Å². The Bertz CT molecular complexity index is 323. The van der Waals surface area contributed by atoms with Crippen molar-refractivity contribution in [3.8, 4) is 0 Å². The molecule has 5 nitrogen and oxygen atoms in total. The molecule has 18 heavy (non-hydrogen) atoms. The number of allylic oxidation sites excluding steroid dienone is 1. The van der Waals surface area contributed by atoms with Crippen LogP contribution in [-0.4, -0.2) is 51.2 Å². The lowest BCUT2D eigenvalue weighted by molar-refractivity contribution is -0.888.